The van der Waals surface area contributed by atoms with Crippen LogP contribution < -0.4 is 4.74 Å². The van der Waals surface area contributed by atoms with Gasteiger partial charge in [-0.3, -0.25) is 0 Å². The average Bonchev–Trinajstić information content (AvgIpc) is 2.89. The maximum absolute atomic E-state index is 13.1. The second-order valence-corrected chi connectivity index (χ2v) is 3.31. The summed E-state index contributed by atoms with van der Waals surface area (Å²) in [4.78, 5) is 11.1. The van der Waals surface area contributed by atoms with Crippen LogP contribution in [0.3, 0.4) is 0 Å². The molecular formula is C10H8F2O2. The molecule has 0 amide bonds. The van der Waals surface area contributed by atoms with Crippen LogP contribution in [0.2, 0.25) is 0 Å². The molecule has 1 aliphatic carbocycles. The predicted molar refractivity (Wildman–Crippen MR) is 45.1 cm³/mol. The Morgan fingerprint density at radius 1 is 1.29 bits per heavy atom. The van der Waals surface area contributed by atoms with Crippen LogP contribution in [-0.2, 0) is 4.79 Å². The van der Waals surface area contributed by atoms with Gasteiger partial charge >= 0.3 is 5.97 Å². The van der Waals surface area contributed by atoms with E-state index >= 15 is 0 Å². The molecule has 1 fully saturated rings. The van der Waals surface area contributed by atoms with E-state index in [1.165, 1.54) is 12.1 Å². The fraction of sp³-hybridized carbons (Fsp3) is 0.300. The summed E-state index contributed by atoms with van der Waals surface area (Å²) in [6.45, 7) is 0. The van der Waals surface area contributed by atoms with Crippen molar-refractivity contribution in [2.75, 3.05) is 0 Å². The van der Waals surface area contributed by atoms with Crippen molar-refractivity contribution >= 4 is 5.97 Å². The van der Waals surface area contributed by atoms with Gasteiger partial charge in [-0.1, -0.05) is 0 Å². The molecule has 0 aliphatic heterocycles. The third kappa shape index (κ3) is 1.73. The summed E-state index contributed by atoms with van der Waals surface area (Å²) in [6.07, 6.45) is 0.431. The lowest BCUT2D eigenvalue weighted by Gasteiger charge is -2.05. The van der Waals surface area contributed by atoms with Crippen molar-refractivity contribution in [1.29, 1.82) is 0 Å². The van der Waals surface area contributed by atoms with Crippen molar-refractivity contribution in [2.45, 2.75) is 18.5 Å². The highest BCUT2D eigenvalue weighted by atomic mass is 19.1. The van der Waals surface area contributed by atoms with Gasteiger partial charge in [0.15, 0.2) is 0 Å². The van der Waals surface area contributed by atoms with Crippen molar-refractivity contribution in [3.63, 3.8) is 0 Å². The molecular weight excluding hydrogens is 190 g/mol. The monoisotopic (exact) mass is 198 g/mol. The highest BCUT2D eigenvalue weighted by Gasteiger charge is 2.52. The van der Waals surface area contributed by atoms with Gasteiger partial charge in [0, 0.05) is 0 Å². The average molecular weight is 198 g/mol. The fourth-order valence-electron chi connectivity index (χ4n) is 1.02. The summed E-state index contributed by atoms with van der Waals surface area (Å²) < 4.78 is 30.3. The zero-order valence-corrected chi connectivity index (χ0v) is 7.30. The Balaban J connectivity index is 2.04. The number of ether oxygens (including phenoxy) is 1. The molecule has 2 rings (SSSR count). The number of halogens is 2. The largest absolute Gasteiger partial charge is 0.424 e. The van der Waals surface area contributed by atoms with Crippen LogP contribution in [-0.4, -0.2) is 11.6 Å². The lowest BCUT2D eigenvalue weighted by Crippen LogP contribution is -2.22. The number of alkyl halides is 1. The standard InChI is InChI=1S/C10H8F2O2/c11-7-1-3-8(4-2-7)14-9(13)10(12)5-6-10/h1-4H,5-6H2. The lowest BCUT2D eigenvalue weighted by atomic mass is 10.3. The number of esters is 1. The normalized spacial score (nSPS) is 17.6. The van der Waals surface area contributed by atoms with E-state index in [2.05, 4.69) is 0 Å². The van der Waals surface area contributed by atoms with Crippen molar-refractivity contribution in [3.05, 3.63) is 30.1 Å². The minimum atomic E-state index is -1.80. The predicted octanol–water partition coefficient (Wildman–Crippen LogP) is 2.23. The summed E-state index contributed by atoms with van der Waals surface area (Å²) in [5, 5.41) is 0. The first-order chi connectivity index (χ1) is 6.60. The van der Waals surface area contributed by atoms with Gasteiger partial charge in [-0.2, -0.15) is 0 Å². The maximum Gasteiger partial charge on any atom is 0.349 e. The fourth-order valence-corrected chi connectivity index (χ4v) is 1.02. The Kier molecular flexibility index (Phi) is 1.98. The highest BCUT2D eigenvalue weighted by Crippen LogP contribution is 2.40. The molecule has 14 heavy (non-hydrogen) atoms. The third-order valence-electron chi connectivity index (χ3n) is 2.08. The number of carbonyl (C=O) groups excluding carboxylic acids is 1. The van der Waals surface area contributed by atoms with E-state index < -0.39 is 17.5 Å². The first-order valence-electron chi connectivity index (χ1n) is 4.27. The zero-order valence-electron chi connectivity index (χ0n) is 7.30. The Morgan fingerprint density at radius 2 is 1.86 bits per heavy atom. The molecule has 0 heterocycles. The minimum Gasteiger partial charge on any atom is -0.424 e. The molecule has 1 aromatic carbocycles. The number of rotatable bonds is 2. The molecule has 4 heteroatoms. The van der Waals surface area contributed by atoms with Gasteiger partial charge < -0.3 is 4.74 Å². The van der Waals surface area contributed by atoms with Gasteiger partial charge in [-0.15, -0.1) is 0 Å². The Morgan fingerprint density at radius 3 is 2.36 bits per heavy atom. The summed E-state index contributed by atoms with van der Waals surface area (Å²) in [6, 6.07) is 4.89. The molecule has 2 nitrogen and oxygen atoms in total. The van der Waals surface area contributed by atoms with Crippen LogP contribution in [0.4, 0.5) is 8.78 Å². The quantitative estimate of drug-likeness (QED) is 0.538. The van der Waals surface area contributed by atoms with E-state index in [1.54, 1.807) is 0 Å². The highest BCUT2D eigenvalue weighted by molar-refractivity contribution is 5.84. The second-order valence-electron chi connectivity index (χ2n) is 3.31. The van der Waals surface area contributed by atoms with Gasteiger partial charge in [0.25, 0.3) is 0 Å². The topological polar surface area (TPSA) is 26.3 Å². The Labute approximate surface area is 79.5 Å². The van der Waals surface area contributed by atoms with Crippen molar-refractivity contribution < 1.29 is 18.3 Å². The molecule has 0 spiro atoms. The van der Waals surface area contributed by atoms with E-state index in [4.69, 9.17) is 4.74 Å². The van der Waals surface area contributed by atoms with Gasteiger partial charge in [0.1, 0.15) is 11.6 Å². The second kappa shape index (κ2) is 3.04. The molecule has 0 saturated heterocycles. The number of benzene rings is 1. The third-order valence-corrected chi connectivity index (χ3v) is 2.08. The van der Waals surface area contributed by atoms with E-state index in [-0.39, 0.29) is 18.6 Å². The van der Waals surface area contributed by atoms with Crippen LogP contribution in [0.15, 0.2) is 24.3 Å². The van der Waals surface area contributed by atoms with Crippen molar-refractivity contribution in [3.8, 4) is 5.75 Å². The number of carbonyl (C=O) groups is 1. The molecule has 1 saturated carbocycles. The van der Waals surface area contributed by atoms with E-state index in [0.29, 0.717) is 0 Å². The van der Waals surface area contributed by atoms with Gasteiger partial charge in [0.2, 0.25) is 5.67 Å². The minimum absolute atomic E-state index is 0.167. The van der Waals surface area contributed by atoms with E-state index in [0.717, 1.165) is 12.1 Å². The van der Waals surface area contributed by atoms with Crippen LogP contribution >= 0.6 is 0 Å². The van der Waals surface area contributed by atoms with Crippen LogP contribution in [0.25, 0.3) is 0 Å². The summed E-state index contributed by atoms with van der Waals surface area (Å²) in [7, 11) is 0. The Bertz CT molecular complexity index is 355. The number of hydrogen-bond donors (Lipinski definition) is 0. The summed E-state index contributed by atoms with van der Waals surface area (Å²) >= 11 is 0. The smallest absolute Gasteiger partial charge is 0.349 e. The zero-order chi connectivity index (χ0) is 10.2. The number of hydrogen-bond acceptors (Lipinski definition) is 2. The van der Waals surface area contributed by atoms with Crippen LogP contribution in [0, 0.1) is 5.82 Å². The molecule has 0 unspecified atom stereocenters. The van der Waals surface area contributed by atoms with Crippen LogP contribution in [0.1, 0.15) is 12.8 Å². The van der Waals surface area contributed by atoms with Gasteiger partial charge in [-0.25, -0.2) is 13.6 Å². The van der Waals surface area contributed by atoms with E-state index in [9.17, 15) is 13.6 Å². The molecule has 0 N–H and O–H groups in total. The lowest BCUT2D eigenvalue weighted by molar-refractivity contribution is -0.141. The molecule has 1 aliphatic rings. The summed E-state index contributed by atoms with van der Waals surface area (Å²) in [5.41, 5.74) is -1.80. The van der Waals surface area contributed by atoms with Gasteiger partial charge in [-0.05, 0) is 37.1 Å². The molecule has 74 valence electrons. The molecule has 0 radical (unpaired) electrons. The molecule has 1 aromatic rings. The summed E-state index contributed by atoms with van der Waals surface area (Å²) in [5.74, 6) is -1.14. The van der Waals surface area contributed by atoms with Crippen molar-refractivity contribution in [1.82, 2.24) is 0 Å². The van der Waals surface area contributed by atoms with Gasteiger partial charge in [0.05, 0.1) is 0 Å². The SMILES string of the molecule is O=C(Oc1ccc(F)cc1)C1(F)CC1. The van der Waals surface area contributed by atoms with Crippen LogP contribution in [0.5, 0.6) is 5.75 Å². The van der Waals surface area contributed by atoms with E-state index in [1.807, 2.05) is 0 Å². The molecule has 0 aromatic heterocycles. The first-order valence-corrected chi connectivity index (χ1v) is 4.27. The molecule has 0 atom stereocenters. The maximum atomic E-state index is 13.1. The molecule has 0 bridgehead atoms. The Hall–Kier alpha value is -1.45. The van der Waals surface area contributed by atoms with Crippen molar-refractivity contribution in [2.24, 2.45) is 0 Å². The first kappa shape index (κ1) is 9.12.